The Kier molecular flexibility index (Phi) is 9.32. The Morgan fingerprint density at radius 2 is 1.69 bits per heavy atom. The van der Waals surface area contributed by atoms with Crippen LogP contribution in [0.3, 0.4) is 0 Å². The molecule has 2 rings (SSSR count). The van der Waals surface area contributed by atoms with Gasteiger partial charge in [-0.2, -0.15) is 0 Å². The summed E-state index contributed by atoms with van der Waals surface area (Å²) in [6.45, 7) is 8.25. The van der Waals surface area contributed by atoms with Gasteiger partial charge in [-0.15, -0.1) is 0 Å². The standard InChI is InChI=1S/C7H8.C4H8N2O.C2H6/c1-7-5-3-2-4-6-7;7-4-3-5-1-2-6-4;1-2/h2-6H,1H3;5H,1-3H2,(H,6,7);1-2H3. The highest BCUT2D eigenvalue weighted by Gasteiger charge is 2.02. The van der Waals surface area contributed by atoms with Crippen molar-refractivity contribution in [1.82, 2.24) is 10.6 Å². The fraction of sp³-hybridized carbons (Fsp3) is 0.462. The second kappa shape index (κ2) is 10.2. The quantitative estimate of drug-likeness (QED) is 0.702. The zero-order chi connectivity index (χ0) is 12.2. The zero-order valence-corrected chi connectivity index (χ0v) is 10.4. The molecule has 3 heteroatoms. The number of aryl methyl sites for hydroxylation is 1. The molecule has 1 aromatic carbocycles. The average molecular weight is 222 g/mol. The first-order valence-electron chi connectivity index (χ1n) is 5.78. The number of benzene rings is 1. The van der Waals surface area contributed by atoms with Crippen molar-refractivity contribution < 1.29 is 4.79 Å². The molecule has 1 saturated heterocycles. The van der Waals surface area contributed by atoms with Gasteiger partial charge < -0.3 is 10.6 Å². The molecule has 0 aromatic heterocycles. The summed E-state index contributed by atoms with van der Waals surface area (Å²) in [5.74, 6) is 0.103. The van der Waals surface area contributed by atoms with E-state index >= 15 is 0 Å². The van der Waals surface area contributed by atoms with Crippen molar-refractivity contribution in [3.05, 3.63) is 35.9 Å². The number of carbonyl (C=O) groups excluding carboxylic acids is 1. The van der Waals surface area contributed by atoms with Crippen LogP contribution in [0.15, 0.2) is 30.3 Å². The number of hydrogen-bond donors (Lipinski definition) is 2. The van der Waals surface area contributed by atoms with Crippen molar-refractivity contribution in [2.45, 2.75) is 20.8 Å². The highest BCUT2D eigenvalue weighted by molar-refractivity contribution is 5.78. The lowest BCUT2D eigenvalue weighted by atomic mass is 10.2. The summed E-state index contributed by atoms with van der Waals surface area (Å²) in [5.41, 5.74) is 1.32. The van der Waals surface area contributed by atoms with Crippen LogP contribution in [0.5, 0.6) is 0 Å². The van der Waals surface area contributed by atoms with E-state index < -0.39 is 0 Å². The van der Waals surface area contributed by atoms with Gasteiger partial charge in [0, 0.05) is 13.1 Å². The summed E-state index contributed by atoms with van der Waals surface area (Å²) < 4.78 is 0. The van der Waals surface area contributed by atoms with Crippen molar-refractivity contribution in [3.8, 4) is 0 Å². The first-order chi connectivity index (χ1) is 7.79. The summed E-state index contributed by atoms with van der Waals surface area (Å²) in [5, 5.41) is 5.60. The second-order valence-electron chi connectivity index (χ2n) is 3.18. The van der Waals surface area contributed by atoms with Crippen LogP contribution in [0, 0.1) is 6.92 Å². The Balaban J connectivity index is 0.000000244. The number of rotatable bonds is 0. The minimum absolute atomic E-state index is 0.103. The lowest BCUT2D eigenvalue weighted by Gasteiger charge is -2.11. The van der Waals surface area contributed by atoms with Crippen molar-refractivity contribution >= 4 is 5.91 Å². The van der Waals surface area contributed by atoms with Gasteiger partial charge in [0.2, 0.25) is 5.91 Å². The lowest BCUT2D eigenvalue weighted by molar-refractivity contribution is -0.121. The smallest absolute Gasteiger partial charge is 0.234 e. The van der Waals surface area contributed by atoms with E-state index in [1.54, 1.807) is 0 Å². The molecule has 0 unspecified atom stereocenters. The Labute approximate surface area is 98.3 Å². The number of hydrogen-bond acceptors (Lipinski definition) is 2. The molecule has 1 aliphatic heterocycles. The Hall–Kier alpha value is -1.35. The summed E-state index contributed by atoms with van der Waals surface area (Å²) in [6.07, 6.45) is 0. The van der Waals surface area contributed by atoms with Crippen molar-refractivity contribution in [1.29, 1.82) is 0 Å². The maximum absolute atomic E-state index is 10.3. The molecule has 0 spiro atoms. The highest BCUT2D eigenvalue weighted by atomic mass is 16.2. The average Bonchev–Trinajstić information content (AvgIpc) is 2.34. The van der Waals surface area contributed by atoms with Crippen LogP contribution in [0.2, 0.25) is 0 Å². The van der Waals surface area contributed by atoms with Crippen LogP contribution >= 0.6 is 0 Å². The largest absolute Gasteiger partial charge is 0.354 e. The Morgan fingerprint density at radius 3 is 1.94 bits per heavy atom. The Bertz CT molecular complexity index is 265. The number of amides is 1. The van der Waals surface area contributed by atoms with E-state index in [-0.39, 0.29) is 5.91 Å². The van der Waals surface area contributed by atoms with Crippen molar-refractivity contribution in [2.24, 2.45) is 0 Å². The predicted molar refractivity (Wildman–Crippen MR) is 68.4 cm³/mol. The van der Waals surface area contributed by atoms with Gasteiger partial charge in [-0.05, 0) is 6.92 Å². The van der Waals surface area contributed by atoms with Gasteiger partial charge in [-0.3, -0.25) is 4.79 Å². The highest BCUT2D eigenvalue weighted by Crippen LogP contribution is 1.92. The lowest BCUT2D eigenvalue weighted by Crippen LogP contribution is -2.44. The molecule has 90 valence electrons. The van der Waals surface area contributed by atoms with Gasteiger partial charge in [-0.1, -0.05) is 49.7 Å². The maximum Gasteiger partial charge on any atom is 0.234 e. The van der Waals surface area contributed by atoms with Gasteiger partial charge in [-0.25, -0.2) is 0 Å². The molecular weight excluding hydrogens is 200 g/mol. The minimum atomic E-state index is 0.103. The van der Waals surface area contributed by atoms with Crippen molar-refractivity contribution in [2.75, 3.05) is 19.6 Å². The van der Waals surface area contributed by atoms with Gasteiger partial charge in [0.1, 0.15) is 0 Å². The van der Waals surface area contributed by atoms with Crippen LogP contribution in [0.4, 0.5) is 0 Å². The van der Waals surface area contributed by atoms with E-state index in [9.17, 15) is 4.79 Å². The summed E-state index contributed by atoms with van der Waals surface area (Å²) in [7, 11) is 0. The van der Waals surface area contributed by atoms with Gasteiger partial charge in [0.15, 0.2) is 0 Å². The molecule has 3 nitrogen and oxygen atoms in total. The molecule has 1 fully saturated rings. The van der Waals surface area contributed by atoms with Gasteiger partial charge in [0.05, 0.1) is 6.54 Å². The molecule has 0 atom stereocenters. The SMILES string of the molecule is CC.Cc1ccccc1.O=C1CNCCN1. The second-order valence-corrected chi connectivity index (χ2v) is 3.18. The topological polar surface area (TPSA) is 41.1 Å². The molecule has 2 N–H and O–H groups in total. The van der Waals surface area contributed by atoms with Crippen LogP contribution in [-0.4, -0.2) is 25.5 Å². The molecule has 0 bridgehead atoms. The van der Waals surface area contributed by atoms with E-state index in [1.165, 1.54) is 5.56 Å². The first kappa shape index (κ1) is 14.6. The number of carbonyl (C=O) groups is 1. The van der Waals surface area contributed by atoms with Crippen LogP contribution < -0.4 is 10.6 Å². The molecule has 1 amide bonds. The van der Waals surface area contributed by atoms with Gasteiger partial charge in [0.25, 0.3) is 0 Å². The molecule has 16 heavy (non-hydrogen) atoms. The fourth-order valence-electron chi connectivity index (χ4n) is 1.09. The fourth-order valence-corrected chi connectivity index (χ4v) is 1.09. The molecule has 1 aromatic rings. The third kappa shape index (κ3) is 8.00. The van der Waals surface area contributed by atoms with E-state index in [2.05, 4.69) is 29.7 Å². The van der Waals surface area contributed by atoms with E-state index in [0.29, 0.717) is 6.54 Å². The third-order valence-corrected chi connectivity index (χ3v) is 1.85. The Morgan fingerprint density at radius 1 is 1.06 bits per heavy atom. The predicted octanol–water partition coefficient (Wildman–Crippen LogP) is 1.73. The molecule has 0 radical (unpaired) electrons. The number of nitrogens with one attached hydrogen (secondary N) is 2. The maximum atomic E-state index is 10.3. The summed E-state index contributed by atoms with van der Waals surface area (Å²) >= 11 is 0. The van der Waals surface area contributed by atoms with Crippen LogP contribution in [0.1, 0.15) is 19.4 Å². The molecule has 1 aliphatic rings. The summed E-state index contributed by atoms with van der Waals surface area (Å²) in [4.78, 5) is 10.3. The van der Waals surface area contributed by atoms with E-state index in [0.717, 1.165) is 13.1 Å². The van der Waals surface area contributed by atoms with E-state index in [4.69, 9.17) is 0 Å². The van der Waals surface area contributed by atoms with Crippen LogP contribution in [0.25, 0.3) is 0 Å². The monoisotopic (exact) mass is 222 g/mol. The molecular formula is C13H22N2O. The minimum Gasteiger partial charge on any atom is -0.354 e. The van der Waals surface area contributed by atoms with E-state index in [1.807, 2.05) is 32.0 Å². The normalized spacial score (nSPS) is 13.6. The van der Waals surface area contributed by atoms with Crippen LogP contribution in [-0.2, 0) is 4.79 Å². The molecule has 0 saturated carbocycles. The zero-order valence-electron chi connectivity index (χ0n) is 10.4. The molecule has 0 aliphatic carbocycles. The van der Waals surface area contributed by atoms with Gasteiger partial charge >= 0.3 is 0 Å². The summed E-state index contributed by atoms with van der Waals surface area (Å²) in [6, 6.07) is 10.3. The number of piperazine rings is 1. The molecule has 1 heterocycles. The first-order valence-corrected chi connectivity index (χ1v) is 5.78. The van der Waals surface area contributed by atoms with Crippen molar-refractivity contribution in [3.63, 3.8) is 0 Å². The third-order valence-electron chi connectivity index (χ3n) is 1.85.